The van der Waals surface area contributed by atoms with Gasteiger partial charge in [-0.25, -0.2) is 13.1 Å². The number of hydrogen-bond donors (Lipinski definition) is 1. The number of hydrogen-bond acceptors (Lipinski definition) is 4. The van der Waals surface area contributed by atoms with E-state index in [4.69, 9.17) is 4.74 Å². The van der Waals surface area contributed by atoms with Crippen LogP contribution in [0, 0.1) is 0 Å². The minimum absolute atomic E-state index is 0.103. The summed E-state index contributed by atoms with van der Waals surface area (Å²) in [5.74, 6) is -0.487. The Morgan fingerprint density at radius 2 is 1.47 bits per heavy atom. The van der Waals surface area contributed by atoms with Gasteiger partial charge in [0.25, 0.3) is 0 Å². The van der Waals surface area contributed by atoms with Crippen LogP contribution in [0.15, 0.2) is 77.7 Å². The topological polar surface area (TPSA) is 69.6 Å². The molecule has 4 aromatic rings. The Hall–Kier alpha value is -3.08. The fourth-order valence-corrected chi connectivity index (χ4v) is 5.76. The third-order valence-corrected chi connectivity index (χ3v) is 7.39. The highest BCUT2D eigenvalue weighted by Gasteiger charge is 2.32. The molecule has 178 valence electrons. The molecule has 0 unspecified atom stereocenters. The van der Waals surface area contributed by atoms with Crippen LogP contribution in [0.1, 0.15) is 12.5 Å². The highest BCUT2D eigenvalue weighted by atomic mass is 32.2. The van der Waals surface area contributed by atoms with E-state index in [0.717, 1.165) is 46.1 Å². The predicted octanol–water partition coefficient (Wildman–Crippen LogP) is 5.00. The third kappa shape index (κ3) is 4.48. The lowest BCUT2D eigenvalue weighted by molar-refractivity contribution is -0.274. The number of ether oxygens (including phenoxy) is 2. The Morgan fingerprint density at radius 1 is 0.882 bits per heavy atom. The van der Waals surface area contributed by atoms with Gasteiger partial charge in [-0.05, 0) is 42.8 Å². The molecular formula is C24H21F3N2O4S. The largest absolute Gasteiger partial charge is 0.573 e. The van der Waals surface area contributed by atoms with Crippen LogP contribution in [-0.2, 0) is 14.8 Å². The van der Waals surface area contributed by atoms with Crippen LogP contribution in [0.25, 0.3) is 21.8 Å². The van der Waals surface area contributed by atoms with Gasteiger partial charge < -0.3 is 14.0 Å². The maximum atomic E-state index is 12.9. The van der Waals surface area contributed by atoms with E-state index in [9.17, 15) is 21.6 Å². The van der Waals surface area contributed by atoms with Crippen molar-refractivity contribution in [2.24, 2.45) is 0 Å². The predicted molar refractivity (Wildman–Crippen MR) is 121 cm³/mol. The second-order valence-electron chi connectivity index (χ2n) is 8.17. The fourth-order valence-electron chi connectivity index (χ4n) is 4.53. The van der Waals surface area contributed by atoms with Gasteiger partial charge >= 0.3 is 6.36 Å². The SMILES string of the molecule is O=S(=O)(N[C@H]1COC[C@@H](n2c3ccccc3c3ccccc32)C1)c1ccc(OC(F)(F)F)cc1. The molecule has 0 aliphatic carbocycles. The van der Waals surface area contributed by atoms with E-state index in [1.54, 1.807) is 0 Å². The maximum absolute atomic E-state index is 12.9. The monoisotopic (exact) mass is 490 g/mol. The van der Waals surface area contributed by atoms with Gasteiger partial charge in [-0.3, -0.25) is 0 Å². The molecule has 1 aliphatic rings. The van der Waals surface area contributed by atoms with E-state index in [1.165, 1.54) is 0 Å². The van der Waals surface area contributed by atoms with E-state index in [2.05, 4.69) is 26.2 Å². The maximum Gasteiger partial charge on any atom is 0.573 e. The molecule has 3 aromatic carbocycles. The molecule has 1 aromatic heterocycles. The molecule has 1 aliphatic heterocycles. The summed E-state index contributed by atoms with van der Waals surface area (Å²) in [4.78, 5) is -0.152. The second kappa shape index (κ2) is 8.61. The molecule has 0 radical (unpaired) electrons. The number of aromatic nitrogens is 1. The Balaban J connectivity index is 1.38. The van der Waals surface area contributed by atoms with Crippen LogP contribution < -0.4 is 9.46 Å². The Morgan fingerprint density at radius 3 is 2.06 bits per heavy atom. The molecule has 34 heavy (non-hydrogen) atoms. The van der Waals surface area contributed by atoms with Gasteiger partial charge in [0.2, 0.25) is 10.0 Å². The first-order valence-electron chi connectivity index (χ1n) is 10.6. The molecule has 2 heterocycles. The van der Waals surface area contributed by atoms with Crippen molar-refractivity contribution in [2.45, 2.75) is 29.8 Å². The van der Waals surface area contributed by atoms with Gasteiger partial charge in [-0.15, -0.1) is 13.2 Å². The molecule has 1 fully saturated rings. The van der Waals surface area contributed by atoms with E-state index >= 15 is 0 Å². The molecular weight excluding hydrogens is 469 g/mol. The number of alkyl halides is 3. The summed E-state index contributed by atoms with van der Waals surface area (Å²) in [5, 5.41) is 2.23. The van der Waals surface area contributed by atoms with Gasteiger partial charge in [0, 0.05) is 27.8 Å². The first-order chi connectivity index (χ1) is 16.2. The number of halogens is 3. The number of fused-ring (bicyclic) bond motifs is 3. The average Bonchev–Trinajstić information content (AvgIpc) is 3.13. The molecule has 10 heteroatoms. The Labute approximate surface area is 193 Å². The summed E-state index contributed by atoms with van der Waals surface area (Å²) < 4.78 is 77.3. The number of para-hydroxylation sites is 2. The van der Waals surface area contributed by atoms with Crippen LogP contribution in [0.2, 0.25) is 0 Å². The minimum Gasteiger partial charge on any atom is -0.406 e. The molecule has 0 spiro atoms. The minimum atomic E-state index is -4.85. The molecule has 0 saturated carbocycles. The quantitative estimate of drug-likeness (QED) is 0.428. The van der Waals surface area contributed by atoms with Gasteiger partial charge in [-0.1, -0.05) is 36.4 Å². The summed E-state index contributed by atoms with van der Waals surface area (Å²) in [6.07, 6.45) is -4.35. The van der Waals surface area contributed by atoms with Crippen molar-refractivity contribution in [3.63, 3.8) is 0 Å². The number of nitrogens with zero attached hydrogens (tertiary/aromatic N) is 1. The number of rotatable bonds is 5. The summed E-state index contributed by atoms with van der Waals surface area (Å²) in [7, 11) is -3.97. The second-order valence-corrected chi connectivity index (χ2v) is 9.88. The lowest BCUT2D eigenvalue weighted by Gasteiger charge is -2.31. The zero-order valence-corrected chi connectivity index (χ0v) is 18.6. The third-order valence-electron chi connectivity index (χ3n) is 5.86. The van der Waals surface area contributed by atoms with E-state index < -0.39 is 28.2 Å². The molecule has 2 atom stereocenters. The summed E-state index contributed by atoms with van der Waals surface area (Å²) in [6.45, 7) is 0.631. The van der Waals surface area contributed by atoms with E-state index in [-0.39, 0.29) is 17.5 Å². The fraction of sp³-hybridized carbons (Fsp3) is 0.250. The van der Waals surface area contributed by atoms with Gasteiger partial charge in [0.05, 0.1) is 24.2 Å². The van der Waals surface area contributed by atoms with Crippen molar-refractivity contribution >= 4 is 31.8 Å². The van der Waals surface area contributed by atoms with Gasteiger partial charge in [-0.2, -0.15) is 0 Å². The number of sulfonamides is 1. The highest BCUT2D eigenvalue weighted by molar-refractivity contribution is 7.89. The van der Waals surface area contributed by atoms with E-state index in [0.29, 0.717) is 13.0 Å². The van der Waals surface area contributed by atoms with Crippen molar-refractivity contribution in [1.82, 2.24) is 9.29 Å². The molecule has 5 rings (SSSR count). The zero-order chi connectivity index (χ0) is 23.9. The van der Waals surface area contributed by atoms with Crippen LogP contribution in [0.4, 0.5) is 13.2 Å². The normalized spacial score (nSPS) is 19.5. The lowest BCUT2D eigenvalue weighted by Crippen LogP contribution is -2.43. The molecule has 1 saturated heterocycles. The lowest BCUT2D eigenvalue weighted by atomic mass is 10.1. The van der Waals surface area contributed by atoms with Crippen LogP contribution >= 0.6 is 0 Å². The van der Waals surface area contributed by atoms with Crippen molar-refractivity contribution in [3.8, 4) is 5.75 Å². The molecule has 6 nitrogen and oxygen atoms in total. The molecule has 1 N–H and O–H groups in total. The van der Waals surface area contributed by atoms with Crippen LogP contribution in [-0.4, -0.2) is 38.6 Å². The Kier molecular flexibility index (Phi) is 5.75. The van der Waals surface area contributed by atoms with Crippen molar-refractivity contribution in [1.29, 1.82) is 0 Å². The first kappa shape index (κ1) is 22.7. The first-order valence-corrected chi connectivity index (χ1v) is 12.1. The van der Waals surface area contributed by atoms with Crippen LogP contribution in [0.3, 0.4) is 0 Å². The van der Waals surface area contributed by atoms with Crippen molar-refractivity contribution in [2.75, 3.05) is 13.2 Å². The standard InChI is InChI=1S/C24H21F3N2O4S/c25-24(26,27)33-18-9-11-19(12-10-18)34(30,31)28-16-13-17(15-32-14-16)29-22-7-3-1-5-20(22)21-6-2-4-8-23(21)29/h1-12,16-17,28H,13-15H2/t16-,17+/m1/s1. The highest BCUT2D eigenvalue weighted by Crippen LogP contribution is 2.34. The van der Waals surface area contributed by atoms with Crippen molar-refractivity contribution in [3.05, 3.63) is 72.8 Å². The van der Waals surface area contributed by atoms with Crippen LogP contribution in [0.5, 0.6) is 5.75 Å². The summed E-state index contributed by atoms with van der Waals surface area (Å²) in [6, 6.07) is 19.6. The van der Waals surface area contributed by atoms with Gasteiger partial charge in [0.1, 0.15) is 5.75 Å². The Bertz CT molecular complexity index is 1380. The van der Waals surface area contributed by atoms with Gasteiger partial charge in [0.15, 0.2) is 0 Å². The average molecular weight is 491 g/mol. The number of nitrogens with one attached hydrogen (secondary N) is 1. The summed E-state index contributed by atoms with van der Waals surface area (Å²) >= 11 is 0. The van der Waals surface area contributed by atoms with E-state index in [1.807, 2.05) is 36.4 Å². The molecule has 0 bridgehead atoms. The van der Waals surface area contributed by atoms with Crippen molar-refractivity contribution < 1.29 is 31.1 Å². The summed E-state index contributed by atoms with van der Waals surface area (Å²) in [5.41, 5.74) is 2.09. The zero-order valence-electron chi connectivity index (χ0n) is 17.8. The molecule has 0 amide bonds. The smallest absolute Gasteiger partial charge is 0.406 e. The number of benzene rings is 3.